The van der Waals surface area contributed by atoms with E-state index in [-0.39, 0.29) is 12.1 Å². The molecule has 1 saturated heterocycles. The Morgan fingerprint density at radius 2 is 2.24 bits per heavy atom. The zero-order valence-electron chi connectivity index (χ0n) is 11.6. The van der Waals surface area contributed by atoms with Crippen LogP contribution >= 0.6 is 0 Å². The highest BCUT2D eigenvalue weighted by Gasteiger charge is 2.28. The average molecular weight is 290 g/mol. The van der Waals surface area contributed by atoms with Crippen LogP contribution in [0.3, 0.4) is 0 Å². The van der Waals surface area contributed by atoms with Crippen LogP contribution in [0.5, 0.6) is 5.75 Å². The lowest BCUT2D eigenvalue weighted by Crippen LogP contribution is -2.37. The highest BCUT2D eigenvalue weighted by molar-refractivity contribution is 5.14. The first-order valence-electron chi connectivity index (χ1n) is 7.25. The highest BCUT2D eigenvalue weighted by Crippen LogP contribution is 2.40. The molecule has 2 aromatic heterocycles. The first-order chi connectivity index (χ1) is 10.3. The summed E-state index contributed by atoms with van der Waals surface area (Å²) in [6.07, 6.45) is 7.63. The number of oxazole rings is 1. The number of rotatable bonds is 5. The molecule has 0 bridgehead atoms. The van der Waals surface area contributed by atoms with Gasteiger partial charge in [-0.3, -0.25) is 4.68 Å². The molecule has 0 amide bonds. The number of aromatic nitrogens is 3. The quantitative estimate of drug-likeness (QED) is 0.880. The standard InChI is InChI=1S/C14H18N4O3/c15-11-7-19-8-13(11)20-10-3-17-18(5-10)6-14-16-4-12(21-14)9-1-2-9/h3-5,9,11,13H,1-2,6-8,15H2/t11-,13+/m0/s1. The topological polar surface area (TPSA) is 88.3 Å². The number of ether oxygens (including phenoxy) is 2. The van der Waals surface area contributed by atoms with Gasteiger partial charge in [0.15, 0.2) is 5.75 Å². The summed E-state index contributed by atoms with van der Waals surface area (Å²) < 4.78 is 18.5. The van der Waals surface area contributed by atoms with Crippen molar-refractivity contribution in [1.29, 1.82) is 0 Å². The van der Waals surface area contributed by atoms with Crippen LogP contribution in [0.15, 0.2) is 23.0 Å². The number of nitrogens with zero attached hydrogens (tertiary/aromatic N) is 3. The van der Waals surface area contributed by atoms with Crippen LogP contribution in [-0.2, 0) is 11.3 Å². The van der Waals surface area contributed by atoms with Crippen molar-refractivity contribution in [3.63, 3.8) is 0 Å². The van der Waals surface area contributed by atoms with Gasteiger partial charge in [0, 0.05) is 5.92 Å². The van der Waals surface area contributed by atoms with E-state index in [1.807, 2.05) is 12.4 Å². The van der Waals surface area contributed by atoms with Crippen LogP contribution in [0.4, 0.5) is 0 Å². The Morgan fingerprint density at radius 3 is 3.00 bits per heavy atom. The van der Waals surface area contributed by atoms with Crippen LogP contribution in [0.1, 0.15) is 30.4 Å². The van der Waals surface area contributed by atoms with Crippen molar-refractivity contribution in [3.8, 4) is 5.75 Å². The fraction of sp³-hybridized carbons (Fsp3) is 0.571. The van der Waals surface area contributed by atoms with Crippen LogP contribution in [0.2, 0.25) is 0 Å². The van der Waals surface area contributed by atoms with E-state index in [0.717, 1.165) is 5.76 Å². The van der Waals surface area contributed by atoms with E-state index in [4.69, 9.17) is 19.6 Å². The van der Waals surface area contributed by atoms with Gasteiger partial charge in [0.25, 0.3) is 0 Å². The van der Waals surface area contributed by atoms with E-state index in [9.17, 15) is 0 Å². The lowest BCUT2D eigenvalue weighted by molar-refractivity contribution is 0.140. The molecule has 0 unspecified atom stereocenters. The van der Waals surface area contributed by atoms with Crippen molar-refractivity contribution in [1.82, 2.24) is 14.8 Å². The third-order valence-electron chi connectivity index (χ3n) is 3.82. The molecule has 2 fully saturated rings. The molecular weight excluding hydrogens is 272 g/mol. The van der Waals surface area contributed by atoms with Crippen molar-refractivity contribution in [3.05, 3.63) is 30.2 Å². The third kappa shape index (κ3) is 2.79. The van der Waals surface area contributed by atoms with Crippen molar-refractivity contribution in [2.24, 2.45) is 5.73 Å². The van der Waals surface area contributed by atoms with E-state index in [2.05, 4.69) is 10.1 Å². The molecule has 4 rings (SSSR count). The summed E-state index contributed by atoms with van der Waals surface area (Å²) in [7, 11) is 0. The number of hydrogen-bond donors (Lipinski definition) is 1. The minimum absolute atomic E-state index is 0.0822. The molecule has 0 spiro atoms. The molecule has 112 valence electrons. The molecule has 2 N–H and O–H groups in total. The molecular formula is C14H18N4O3. The van der Waals surface area contributed by atoms with Gasteiger partial charge in [0.2, 0.25) is 5.89 Å². The average Bonchev–Trinajstić information content (AvgIpc) is 2.86. The normalized spacial score (nSPS) is 25.4. The summed E-state index contributed by atoms with van der Waals surface area (Å²) in [6, 6.07) is -0.0822. The van der Waals surface area contributed by atoms with E-state index in [1.54, 1.807) is 10.9 Å². The second-order valence-corrected chi connectivity index (χ2v) is 5.66. The van der Waals surface area contributed by atoms with Crippen molar-refractivity contribution in [2.75, 3.05) is 13.2 Å². The first kappa shape index (κ1) is 12.8. The number of nitrogens with two attached hydrogens (primary N) is 1. The van der Waals surface area contributed by atoms with E-state index < -0.39 is 0 Å². The zero-order chi connectivity index (χ0) is 14.2. The Balaban J connectivity index is 1.39. The molecule has 7 nitrogen and oxygen atoms in total. The van der Waals surface area contributed by atoms with Crippen molar-refractivity contribution < 1.29 is 13.9 Å². The van der Waals surface area contributed by atoms with Crippen LogP contribution in [-0.4, -0.2) is 40.1 Å². The smallest absolute Gasteiger partial charge is 0.216 e. The second kappa shape index (κ2) is 5.16. The van der Waals surface area contributed by atoms with Crippen LogP contribution in [0, 0.1) is 0 Å². The SMILES string of the molecule is N[C@H]1COC[C@H]1Oc1cnn(Cc2ncc(C3CC3)o2)c1. The minimum Gasteiger partial charge on any atom is -0.483 e. The summed E-state index contributed by atoms with van der Waals surface area (Å²) in [4.78, 5) is 4.29. The van der Waals surface area contributed by atoms with E-state index >= 15 is 0 Å². The Morgan fingerprint density at radius 1 is 1.33 bits per heavy atom. The fourth-order valence-electron chi connectivity index (χ4n) is 2.43. The van der Waals surface area contributed by atoms with Gasteiger partial charge in [0.1, 0.15) is 18.4 Å². The van der Waals surface area contributed by atoms with Gasteiger partial charge in [-0.1, -0.05) is 0 Å². The molecule has 1 saturated carbocycles. The van der Waals surface area contributed by atoms with Gasteiger partial charge >= 0.3 is 0 Å². The Labute approximate surface area is 122 Å². The lowest BCUT2D eigenvalue weighted by atomic mass is 10.2. The molecule has 21 heavy (non-hydrogen) atoms. The minimum atomic E-state index is -0.106. The van der Waals surface area contributed by atoms with E-state index in [1.165, 1.54) is 12.8 Å². The summed E-state index contributed by atoms with van der Waals surface area (Å²) >= 11 is 0. The van der Waals surface area contributed by atoms with Crippen LogP contribution in [0.25, 0.3) is 0 Å². The highest BCUT2D eigenvalue weighted by atomic mass is 16.5. The summed E-state index contributed by atoms with van der Waals surface area (Å²) in [5, 5.41) is 4.26. The predicted octanol–water partition coefficient (Wildman–Crippen LogP) is 0.902. The lowest BCUT2D eigenvalue weighted by Gasteiger charge is -2.13. The maximum Gasteiger partial charge on any atom is 0.216 e. The maximum atomic E-state index is 5.89. The van der Waals surface area contributed by atoms with E-state index in [0.29, 0.717) is 37.3 Å². The third-order valence-corrected chi connectivity index (χ3v) is 3.82. The number of hydrogen-bond acceptors (Lipinski definition) is 6. The molecule has 0 radical (unpaired) electrons. The summed E-state index contributed by atoms with van der Waals surface area (Å²) in [6.45, 7) is 1.57. The monoisotopic (exact) mass is 290 g/mol. The molecule has 0 aromatic carbocycles. The Bertz CT molecular complexity index is 619. The van der Waals surface area contributed by atoms with Crippen molar-refractivity contribution in [2.45, 2.75) is 37.5 Å². The zero-order valence-corrected chi connectivity index (χ0v) is 11.6. The molecule has 2 aliphatic rings. The maximum absolute atomic E-state index is 5.89. The summed E-state index contributed by atoms with van der Waals surface area (Å²) in [5.74, 6) is 2.93. The first-order valence-corrected chi connectivity index (χ1v) is 7.25. The predicted molar refractivity (Wildman–Crippen MR) is 73.0 cm³/mol. The van der Waals surface area contributed by atoms with Gasteiger partial charge in [-0.2, -0.15) is 5.10 Å². The Kier molecular flexibility index (Phi) is 3.16. The summed E-state index contributed by atoms with van der Waals surface area (Å²) in [5.41, 5.74) is 5.89. The van der Waals surface area contributed by atoms with Gasteiger partial charge in [-0.05, 0) is 12.8 Å². The molecule has 1 aliphatic carbocycles. The van der Waals surface area contributed by atoms with Crippen molar-refractivity contribution >= 4 is 0 Å². The molecule has 2 aromatic rings. The Hall–Kier alpha value is -1.86. The van der Waals surface area contributed by atoms with Gasteiger partial charge < -0.3 is 19.6 Å². The molecule has 7 heteroatoms. The fourth-order valence-corrected chi connectivity index (χ4v) is 2.43. The van der Waals surface area contributed by atoms with Crippen LogP contribution < -0.4 is 10.5 Å². The largest absolute Gasteiger partial charge is 0.483 e. The van der Waals surface area contributed by atoms with Gasteiger partial charge in [-0.15, -0.1) is 0 Å². The van der Waals surface area contributed by atoms with Gasteiger partial charge in [-0.25, -0.2) is 4.98 Å². The molecule has 2 atom stereocenters. The second-order valence-electron chi connectivity index (χ2n) is 5.66. The van der Waals surface area contributed by atoms with Gasteiger partial charge in [0.05, 0.1) is 37.8 Å². The molecule has 1 aliphatic heterocycles. The molecule has 3 heterocycles.